The molecule has 20 heavy (non-hydrogen) atoms. The van der Waals surface area contributed by atoms with Gasteiger partial charge in [-0.1, -0.05) is 0 Å². The van der Waals surface area contributed by atoms with Crippen LogP contribution in [-0.2, 0) is 4.79 Å². The van der Waals surface area contributed by atoms with Crippen molar-refractivity contribution in [2.75, 3.05) is 6.54 Å². The summed E-state index contributed by atoms with van der Waals surface area (Å²) in [6, 6.07) is 2.78. The Morgan fingerprint density at radius 1 is 1.50 bits per heavy atom. The van der Waals surface area contributed by atoms with E-state index in [2.05, 4.69) is 4.98 Å². The third-order valence-electron chi connectivity index (χ3n) is 3.25. The number of carboxylic acid groups (broad SMARTS) is 1. The smallest absolute Gasteiger partial charge is 0.326 e. The lowest BCUT2D eigenvalue weighted by atomic mass is 10.2. The summed E-state index contributed by atoms with van der Waals surface area (Å²) in [5, 5.41) is 11.4. The SMILES string of the molecule is O=C(O)[C@H]1CCCN1C(=O)c1csc(-c2ccco2)n1. The molecule has 1 aliphatic rings. The van der Waals surface area contributed by atoms with Gasteiger partial charge in [-0.15, -0.1) is 11.3 Å². The predicted molar refractivity (Wildman–Crippen MR) is 71.5 cm³/mol. The summed E-state index contributed by atoms with van der Waals surface area (Å²) >= 11 is 1.30. The molecule has 0 unspecified atom stereocenters. The van der Waals surface area contributed by atoms with Crippen LogP contribution in [-0.4, -0.2) is 39.5 Å². The second-order valence-corrected chi connectivity index (χ2v) is 5.37. The van der Waals surface area contributed by atoms with Gasteiger partial charge in [0.2, 0.25) is 0 Å². The fourth-order valence-electron chi connectivity index (χ4n) is 2.30. The number of carbonyl (C=O) groups excluding carboxylic acids is 1. The Labute approximate surface area is 118 Å². The van der Waals surface area contributed by atoms with E-state index in [0.717, 1.165) is 0 Å². The summed E-state index contributed by atoms with van der Waals surface area (Å²) in [5.41, 5.74) is 0.273. The number of likely N-dealkylation sites (tertiary alicyclic amines) is 1. The molecule has 1 saturated heterocycles. The van der Waals surface area contributed by atoms with Crippen LogP contribution in [0.3, 0.4) is 0 Å². The number of nitrogens with zero attached hydrogens (tertiary/aromatic N) is 2. The molecule has 3 heterocycles. The van der Waals surface area contributed by atoms with E-state index in [0.29, 0.717) is 30.2 Å². The summed E-state index contributed by atoms with van der Waals surface area (Å²) in [4.78, 5) is 29.0. The maximum absolute atomic E-state index is 12.3. The molecule has 104 valence electrons. The van der Waals surface area contributed by atoms with Crippen molar-refractivity contribution in [3.05, 3.63) is 29.5 Å². The minimum atomic E-state index is -0.961. The zero-order valence-corrected chi connectivity index (χ0v) is 11.3. The Morgan fingerprint density at radius 2 is 2.35 bits per heavy atom. The first kappa shape index (κ1) is 12.9. The van der Waals surface area contributed by atoms with Crippen LogP contribution in [0.5, 0.6) is 0 Å². The van der Waals surface area contributed by atoms with Gasteiger partial charge in [0, 0.05) is 11.9 Å². The quantitative estimate of drug-likeness (QED) is 0.936. The third kappa shape index (κ3) is 2.20. The van der Waals surface area contributed by atoms with Gasteiger partial charge in [0.15, 0.2) is 10.8 Å². The number of thiazole rings is 1. The van der Waals surface area contributed by atoms with E-state index in [1.807, 2.05) is 0 Å². The minimum absolute atomic E-state index is 0.273. The highest BCUT2D eigenvalue weighted by molar-refractivity contribution is 7.13. The first-order valence-corrected chi connectivity index (χ1v) is 7.08. The van der Waals surface area contributed by atoms with E-state index in [4.69, 9.17) is 9.52 Å². The third-order valence-corrected chi connectivity index (χ3v) is 4.11. The van der Waals surface area contributed by atoms with Gasteiger partial charge < -0.3 is 14.4 Å². The van der Waals surface area contributed by atoms with Crippen molar-refractivity contribution >= 4 is 23.2 Å². The van der Waals surface area contributed by atoms with Gasteiger partial charge in [-0.3, -0.25) is 4.79 Å². The van der Waals surface area contributed by atoms with Gasteiger partial charge in [-0.2, -0.15) is 0 Å². The maximum Gasteiger partial charge on any atom is 0.326 e. The first-order valence-electron chi connectivity index (χ1n) is 6.20. The standard InChI is InChI=1S/C13H12N2O4S/c16-12(15-5-1-3-9(15)13(17)18)8-7-20-11(14-8)10-4-2-6-19-10/h2,4,6-7,9H,1,3,5H2,(H,17,18)/t9-/m1/s1. The van der Waals surface area contributed by atoms with Crippen LogP contribution in [0.2, 0.25) is 0 Å². The summed E-state index contributed by atoms with van der Waals surface area (Å²) in [6.07, 6.45) is 2.74. The molecule has 3 rings (SSSR count). The molecule has 2 aromatic heterocycles. The number of rotatable bonds is 3. The van der Waals surface area contributed by atoms with Crippen molar-refractivity contribution in [3.63, 3.8) is 0 Å². The lowest BCUT2D eigenvalue weighted by Gasteiger charge is -2.20. The highest BCUT2D eigenvalue weighted by Crippen LogP contribution is 2.26. The molecule has 2 aromatic rings. The van der Waals surface area contributed by atoms with Crippen LogP contribution in [0.15, 0.2) is 28.2 Å². The Balaban J connectivity index is 1.83. The zero-order chi connectivity index (χ0) is 14.1. The number of carboxylic acids is 1. The highest BCUT2D eigenvalue weighted by Gasteiger charge is 2.35. The summed E-state index contributed by atoms with van der Waals surface area (Å²) < 4.78 is 5.23. The predicted octanol–water partition coefficient (Wildman–Crippen LogP) is 2.09. The molecule has 0 bridgehead atoms. The van der Waals surface area contributed by atoms with Gasteiger partial charge in [0.25, 0.3) is 5.91 Å². The van der Waals surface area contributed by atoms with E-state index in [9.17, 15) is 9.59 Å². The molecule has 1 aliphatic heterocycles. The monoisotopic (exact) mass is 292 g/mol. The molecule has 0 aliphatic carbocycles. The van der Waals surface area contributed by atoms with Gasteiger partial charge in [-0.05, 0) is 25.0 Å². The average molecular weight is 292 g/mol. The summed E-state index contributed by atoms with van der Waals surface area (Å²) in [7, 11) is 0. The molecule has 0 aromatic carbocycles. The van der Waals surface area contributed by atoms with Crippen molar-refractivity contribution in [3.8, 4) is 10.8 Å². The Kier molecular flexibility index (Phi) is 3.27. The molecule has 0 spiro atoms. The molecule has 1 fully saturated rings. The fraction of sp³-hybridized carbons (Fsp3) is 0.308. The largest absolute Gasteiger partial charge is 0.480 e. The molecule has 1 N–H and O–H groups in total. The Hall–Kier alpha value is -2.15. The van der Waals surface area contributed by atoms with Crippen molar-refractivity contribution in [1.29, 1.82) is 0 Å². The number of furan rings is 1. The van der Waals surface area contributed by atoms with Crippen molar-refractivity contribution in [2.45, 2.75) is 18.9 Å². The zero-order valence-electron chi connectivity index (χ0n) is 10.5. The van der Waals surface area contributed by atoms with Crippen LogP contribution in [0, 0.1) is 0 Å². The minimum Gasteiger partial charge on any atom is -0.480 e. The number of aromatic nitrogens is 1. The molecular formula is C13H12N2O4S. The van der Waals surface area contributed by atoms with Gasteiger partial charge in [0.1, 0.15) is 11.7 Å². The number of hydrogen-bond donors (Lipinski definition) is 1. The van der Waals surface area contributed by atoms with E-state index >= 15 is 0 Å². The number of carbonyl (C=O) groups is 2. The normalized spacial score (nSPS) is 18.4. The van der Waals surface area contributed by atoms with E-state index in [-0.39, 0.29) is 11.6 Å². The van der Waals surface area contributed by atoms with Crippen molar-refractivity contribution in [1.82, 2.24) is 9.88 Å². The van der Waals surface area contributed by atoms with E-state index in [1.165, 1.54) is 16.2 Å². The summed E-state index contributed by atoms with van der Waals surface area (Å²) in [6.45, 7) is 0.462. The van der Waals surface area contributed by atoms with E-state index < -0.39 is 12.0 Å². The van der Waals surface area contributed by atoms with Gasteiger partial charge >= 0.3 is 5.97 Å². The van der Waals surface area contributed by atoms with Crippen LogP contribution in [0.1, 0.15) is 23.3 Å². The maximum atomic E-state index is 12.3. The van der Waals surface area contributed by atoms with Crippen LogP contribution >= 0.6 is 11.3 Å². The molecule has 1 amide bonds. The first-order chi connectivity index (χ1) is 9.66. The summed E-state index contributed by atoms with van der Waals surface area (Å²) in [5.74, 6) is -0.688. The van der Waals surface area contributed by atoms with Crippen LogP contribution in [0.4, 0.5) is 0 Å². The topological polar surface area (TPSA) is 83.6 Å². The van der Waals surface area contributed by atoms with Crippen LogP contribution < -0.4 is 0 Å². The molecule has 1 atom stereocenters. The van der Waals surface area contributed by atoms with Crippen molar-refractivity contribution in [2.24, 2.45) is 0 Å². The highest BCUT2D eigenvalue weighted by atomic mass is 32.1. The lowest BCUT2D eigenvalue weighted by molar-refractivity contribution is -0.141. The molecule has 6 nitrogen and oxygen atoms in total. The lowest BCUT2D eigenvalue weighted by Crippen LogP contribution is -2.40. The molecule has 0 radical (unpaired) electrons. The van der Waals surface area contributed by atoms with Crippen molar-refractivity contribution < 1.29 is 19.1 Å². The number of hydrogen-bond acceptors (Lipinski definition) is 5. The van der Waals surface area contributed by atoms with Crippen LogP contribution in [0.25, 0.3) is 10.8 Å². The second-order valence-electron chi connectivity index (χ2n) is 4.51. The average Bonchev–Trinajstić information content (AvgIpc) is 3.17. The Bertz CT molecular complexity index is 635. The fourth-order valence-corrected chi connectivity index (χ4v) is 3.06. The second kappa shape index (κ2) is 5.09. The Morgan fingerprint density at radius 3 is 3.05 bits per heavy atom. The number of amides is 1. The van der Waals surface area contributed by atoms with Gasteiger partial charge in [0.05, 0.1) is 6.26 Å². The molecule has 0 saturated carbocycles. The molecule has 7 heteroatoms. The molecular weight excluding hydrogens is 280 g/mol. The number of aliphatic carboxylic acids is 1. The van der Waals surface area contributed by atoms with E-state index in [1.54, 1.807) is 23.8 Å². The van der Waals surface area contributed by atoms with Gasteiger partial charge in [-0.25, -0.2) is 9.78 Å².